The van der Waals surface area contributed by atoms with Crippen LogP contribution in [-0.4, -0.2) is 19.0 Å². The lowest BCUT2D eigenvalue weighted by molar-refractivity contribution is 0.124. The molecule has 0 amide bonds. The summed E-state index contributed by atoms with van der Waals surface area (Å²) < 4.78 is 5.50. The highest BCUT2D eigenvalue weighted by Crippen LogP contribution is 2.23. The Kier molecular flexibility index (Phi) is 5.58. The Morgan fingerprint density at radius 2 is 2.07 bits per heavy atom. The summed E-state index contributed by atoms with van der Waals surface area (Å²) in [6.45, 7) is 5.94. The fourth-order valence-electron chi connectivity index (χ4n) is 1.14. The van der Waals surface area contributed by atoms with E-state index in [-0.39, 0.29) is 0 Å². The van der Waals surface area contributed by atoms with E-state index in [1.54, 1.807) is 11.8 Å². The van der Waals surface area contributed by atoms with Crippen molar-refractivity contribution >= 4 is 17.4 Å². The molecule has 0 aliphatic heterocycles. The minimum Gasteiger partial charge on any atom is -0.398 e. The van der Waals surface area contributed by atoms with Crippen molar-refractivity contribution in [2.45, 2.75) is 18.7 Å². The Morgan fingerprint density at radius 1 is 1.33 bits per heavy atom. The molecular weight excluding hydrogens is 206 g/mol. The lowest BCUT2D eigenvalue weighted by atomic mass is 10.2. The Hall–Kier alpha value is -0.670. The van der Waals surface area contributed by atoms with Crippen molar-refractivity contribution in [2.75, 3.05) is 24.7 Å². The highest BCUT2D eigenvalue weighted by atomic mass is 32.2. The van der Waals surface area contributed by atoms with E-state index < -0.39 is 0 Å². The zero-order chi connectivity index (χ0) is 11.1. The molecule has 0 radical (unpaired) electrons. The number of rotatable bonds is 6. The summed E-state index contributed by atoms with van der Waals surface area (Å²) in [7, 11) is 0. The van der Waals surface area contributed by atoms with E-state index in [0.717, 1.165) is 29.5 Å². The molecule has 84 valence electrons. The number of thioether (sulfide) groups is 1. The fourth-order valence-corrected chi connectivity index (χ4v) is 1.97. The number of benzene rings is 1. The molecular formula is C12H19NOS. The maximum Gasteiger partial charge on any atom is 0.0560 e. The third kappa shape index (κ3) is 5.09. The molecule has 0 aliphatic carbocycles. The number of anilines is 1. The van der Waals surface area contributed by atoms with E-state index in [4.69, 9.17) is 10.5 Å². The van der Waals surface area contributed by atoms with E-state index in [0.29, 0.717) is 5.92 Å². The standard InChI is InChI=1S/C12H19NOS/c1-10(2)9-14-7-8-15-12-6-4-3-5-11(12)13/h3-6,10H,7-9,13H2,1-2H3. The summed E-state index contributed by atoms with van der Waals surface area (Å²) in [4.78, 5) is 1.14. The van der Waals surface area contributed by atoms with Crippen LogP contribution in [0.5, 0.6) is 0 Å². The van der Waals surface area contributed by atoms with Gasteiger partial charge in [0, 0.05) is 22.9 Å². The molecule has 1 aromatic rings. The zero-order valence-electron chi connectivity index (χ0n) is 9.40. The molecule has 2 nitrogen and oxygen atoms in total. The minimum absolute atomic E-state index is 0.608. The average molecular weight is 225 g/mol. The van der Waals surface area contributed by atoms with Gasteiger partial charge in [-0.25, -0.2) is 0 Å². The second kappa shape index (κ2) is 6.75. The van der Waals surface area contributed by atoms with Crippen LogP contribution in [0.15, 0.2) is 29.2 Å². The predicted octanol–water partition coefficient (Wildman–Crippen LogP) is 3.03. The summed E-state index contributed by atoms with van der Waals surface area (Å²) >= 11 is 1.75. The van der Waals surface area contributed by atoms with Gasteiger partial charge in [0.25, 0.3) is 0 Å². The normalized spacial score (nSPS) is 10.9. The predicted molar refractivity (Wildman–Crippen MR) is 67.2 cm³/mol. The van der Waals surface area contributed by atoms with E-state index in [1.807, 2.05) is 24.3 Å². The minimum atomic E-state index is 0.608. The van der Waals surface area contributed by atoms with Crippen LogP contribution < -0.4 is 5.73 Å². The molecule has 0 aromatic heterocycles. The number of para-hydroxylation sites is 1. The number of hydrogen-bond donors (Lipinski definition) is 1. The van der Waals surface area contributed by atoms with Crippen LogP contribution in [0.25, 0.3) is 0 Å². The van der Waals surface area contributed by atoms with Gasteiger partial charge in [-0.3, -0.25) is 0 Å². The number of hydrogen-bond acceptors (Lipinski definition) is 3. The largest absolute Gasteiger partial charge is 0.398 e. The average Bonchev–Trinajstić information content (AvgIpc) is 2.20. The smallest absolute Gasteiger partial charge is 0.0560 e. The van der Waals surface area contributed by atoms with Gasteiger partial charge in [-0.05, 0) is 18.1 Å². The molecule has 0 fully saturated rings. The molecule has 1 aromatic carbocycles. The van der Waals surface area contributed by atoms with E-state index >= 15 is 0 Å². The molecule has 0 bridgehead atoms. The Labute approximate surface area is 96.2 Å². The Bertz CT molecular complexity index is 289. The van der Waals surface area contributed by atoms with E-state index in [9.17, 15) is 0 Å². The van der Waals surface area contributed by atoms with Crippen molar-refractivity contribution in [2.24, 2.45) is 5.92 Å². The van der Waals surface area contributed by atoms with Crippen molar-refractivity contribution in [3.63, 3.8) is 0 Å². The maximum absolute atomic E-state index is 5.82. The van der Waals surface area contributed by atoms with Crippen LogP contribution >= 0.6 is 11.8 Å². The first kappa shape index (κ1) is 12.4. The van der Waals surface area contributed by atoms with Crippen molar-refractivity contribution in [1.29, 1.82) is 0 Å². The highest BCUT2D eigenvalue weighted by Gasteiger charge is 1.98. The first-order valence-electron chi connectivity index (χ1n) is 5.25. The van der Waals surface area contributed by atoms with E-state index in [2.05, 4.69) is 13.8 Å². The maximum atomic E-state index is 5.82. The van der Waals surface area contributed by atoms with Crippen LogP contribution in [0.4, 0.5) is 5.69 Å². The molecule has 0 saturated heterocycles. The highest BCUT2D eigenvalue weighted by molar-refractivity contribution is 7.99. The second-order valence-corrected chi connectivity index (χ2v) is 4.99. The van der Waals surface area contributed by atoms with Crippen LogP contribution in [0.1, 0.15) is 13.8 Å². The SMILES string of the molecule is CC(C)COCCSc1ccccc1N. The third-order valence-electron chi connectivity index (χ3n) is 1.86. The van der Waals surface area contributed by atoms with E-state index in [1.165, 1.54) is 0 Å². The molecule has 0 saturated carbocycles. The van der Waals surface area contributed by atoms with Gasteiger partial charge in [-0.15, -0.1) is 11.8 Å². The molecule has 1 rings (SSSR count). The van der Waals surface area contributed by atoms with Crippen LogP contribution in [0.2, 0.25) is 0 Å². The van der Waals surface area contributed by atoms with Gasteiger partial charge in [0.05, 0.1) is 6.61 Å². The molecule has 0 unspecified atom stereocenters. The van der Waals surface area contributed by atoms with Gasteiger partial charge in [0.1, 0.15) is 0 Å². The molecule has 0 heterocycles. The van der Waals surface area contributed by atoms with Gasteiger partial charge in [-0.2, -0.15) is 0 Å². The summed E-state index contributed by atoms with van der Waals surface area (Å²) in [6.07, 6.45) is 0. The Morgan fingerprint density at radius 3 is 2.73 bits per heavy atom. The quantitative estimate of drug-likeness (QED) is 0.459. The fraction of sp³-hybridized carbons (Fsp3) is 0.500. The third-order valence-corrected chi connectivity index (χ3v) is 2.91. The summed E-state index contributed by atoms with van der Waals surface area (Å²) in [5.74, 6) is 1.57. The molecule has 2 N–H and O–H groups in total. The Balaban J connectivity index is 2.18. The number of nitrogen functional groups attached to an aromatic ring is 1. The van der Waals surface area contributed by atoms with Gasteiger partial charge in [0.2, 0.25) is 0 Å². The molecule has 0 spiro atoms. The molecule has 0 aliphatic rings. The first-order valence-corrected chi connectivity index (χ1v) is 6.23. The second-order valence-electron chi connectivity index (χ2n) is 3.86. The van der Waals surface area contributed by atoms with Crippen LogP contribution in [-0.2, 0) is 4.74 Å². The monoisotopic (exact) mass is 225 g/mol. The van der Waals surface area contributed by atoms with Crippen LogP contribution in [0.3, 0.4) is 0 Å². The van der Waals surface area contributed by atoms with Crippen LogP contribution in [0, 0.1) is 5.92 Å². The van der Waals surface area contributed by atoms with Crippen molar-refractivity contribution in [3.8, 4) is 0 Å². The summed E-state index contributed by atoms with van der Waals surface area (Å²) in [5.41, 5.74) is 6.67. The number of nitrogens with two attached hydrogens (primary N) is 1. The lowest BCUT2D eigenvalue weighted by Gasteiger charge is -2.07. The van der Waals surface area contributed by atoms with Crippen molar-refractivity contribution < 1.29 is 4.74 Å². The molecule has 15 heavy (non-hydrogen) atoms. The zero-order valence-corrected chi connectivity index (χ0v) is 10.2. The van der Waals surface area contributed by atoms with Gasteiger partial charge >= 0.3 is 0 Å². The first-order chi connectivity index (χ1) is 7.20. The summed E-state index contributed by atoms with van der Waals surface area (Å²) in [6, 6.07) is 7.93. The van der Waals surface area contributed by atoms with Gasteiger partial charge in [-0.1, -0.05) is 26.0 Å². The number of ether oxygens (including phenoxy) is 1. The van der Waals surface area contributed by atoms with Gasteiger partial charge < -0.3 is 10.5 Å². The van der Waals surface area contributed by atoms with Crippen molar-refractivity contribution in [1.82, 2.24) is 0 Å². The molecule has 0 atom stereocenters. The molecule has 3 heteroatoms. The lowest BCUT2D eigenvalue weighted by Crippen LogP contribution is -2.04. The summed E-state index contributed by atoms with van der Waals surface area (Å²) in [5, 5.41) is 0. The van der Waals surface area contributed by atoms with Crippen molar-refractivity contribution in [3.05, 3.63) is 24.3 Å². The van der Waals surface area contributed by atoms with Gasteiger partial charge in [0.15, 0.2) is 0 Å². The topological polar surface area (TPSA) is 35.2 Å².